The molecule has 1 aliphatic carbocycles. The minimum absolute atomic E-state index is 0.0227. The molecular formula is C24H39N7O2. The highest BCUT2D eigenvalue weighted by atomic mass is 16.5. The Morgan fingerprint density at radius 3 is 2.76 bits per heavy atom. The number of hydrogen-bond acceptors (Lipinski definition) is 8. The molecule has 2 aliphatic heterocycles. The minimum atomic E-state index is -0.0227. The molecule has 2 atom stereocenters. The van der Waals surface area contributed by atoms with Gasteiger partial charge in [0.2, 0.25) is 5.95 Å². The van der Waals surface area contributed by atoms with Gasteiger partial charge < -0.3 is 25.4 Å². The molecule has 1 saturated heterocycles. The second-order valence-corrected chi connectivity index (χ2v) is 9.51. The molecule has 2 fully saturated rings. The van der Waals surface area contributed by atoms with Crippen LogP contribution in [0.5, 0.6) is 0 Å². The standard InChI is InChI=1S/C24H39N7O2/c1-17(15-32-2)29-19-3-5-20(6-4-19)30-24-25-10-7-21(31-24)22-13-23(28-16-27-22)26-14-18-8-11-33-12-9-18/h7,10,16-20,22,29H,3-6,8-9,11-15H2,1-2H3,(H,25,30,31)(H,26,27,28). The van der Waals surface area contributed by atoms with Crippen LogP contribution in [0.4, 0.5) is 5.95 Å². The van der Waals surface area contributed by atoms with Crippen LogP contribution in [0.3, 0.4) is 0 Å². The Morgan fingerprint density at radius 1 is 1.18 bits per heavy atom. The third-order valence-corrected chi connectivity index (χ3v) is 6.77. The van der Waals surface area contributed by atoms with E-state index in [2.05, 4.69) is 32.9 Å². The van der Waals surface area contributed by atoms with Crippen molar-refractivity contribution in [2.75, 3.05) is 38.8 Å². The van der Waals surface area contributed by atoms with Crippen LogP contribution >= 0.6 is 0 Å². The molecular weight excluding hydrogens is 418 g/mol. The molecule has 3 aliphatic rings. The van der Waals surface area contributed by atoms with E-state index in [0.29, 0.717) is 30.0 Å². The van der Waals surface area contributed by atoms with Crippen molar-refractivity contribution in [3.63, 3.8) is 0 Å². The van der Waals surface area contributed by atoms with Crippen molar-refractivity contribution in [1.29, 1.82) is 0 Å². The van der Waals surface area contributed by atoms with Gasteiger partial charge in [0.15, 0.2) is 0 Å². The number of aromatic nitrogens is 2. The number of nitrogens with zero attached hydrogens (tertiary/aromatic N) is 4. The number of aliphatic imine (C=N–C) groups is 2. The topological polar surface area (TPSA) is 105 Å². The Labute approximate surface area is 197 Å². The molecule has 3 N–H and O–H groups in total. The van der Waals surface area contributed by atoms with E-state index >= 15 is 0 Å². The lowest BCUT2D eigenvalue weighted by atomic mass is 9.91. The zero-order valence-corrected chi connectivity index (χ0v) is 20.0. The van der Waals surface area contributed by atoms with Gasteiger partial charge in [0.25, 0.3) is 0 Å². The quantitative estimate of drug-likeness (QED) is 0.524. The van der Waals surface area contributed by atoms with E-state index in [1.807, 2.05) is 12.3 Å². The average Bonchev–Trinajstić information content (AvgIpc) is 2.85. The fourth-order valence-electron chi connectivity index (χ4n) is 4.87. The zero-order chi connectivity index (χ0) is 22.9. The third kappa shape index (κ3) is 7.45. The number of amidine groups is 1. The largest absolute Gasteiger partial charge is 0.383 e. The zero-order valence-electron chi connectivity index (χ0n) is 20.0. The summed E-state index contributed by atoms with van der Waals surface area (Å²) in [5, 5.41) is 10.4. The van der Waals surface area contributed by atoms with Gasteiger partial charge in [-0.3, -0.25) is 9.98 Å². The molecule has 1 saturated carbocycles. The van der Waals surface area contributed by atoms with Gasteiger partial charge >= 0.3 is 0 Å². The number of ether oxygens (including phenoxy) is 2. The molecule has 33 heavy (non-hydrogen) atoms. The Kier molecular flexibility index (Phi) is 9.02. The fraction of sp³-hybridized carbons (Fsp3) is 0.750. The first kappa shape index (κ1) is 24.0. The van der Waals surface area contributed by atoms with Crippen molar-refractivity contribution in [3.8, 4) is 0 Å². The fourth-order valence-corrected chi connectivity index (χ4v) is 4.87. The Hall–Kier alpha value is -2.10. The summed E-state index contributed by atoms with van der Waals surface area (Å²) in [4.78, 5) is 18.7. The normalized spacial score (nSPS) is 28.4. The number of methoxy groups -OCH3 is 1. The number of hydrogen-bond donors (Lipinski definition) is 3. The first-order valence-corrected chi connectivity index (χ1v) is 12.4. The maximum absolute atomic E-state index is 5.45. The lowest BCUT2D eigenvalue weighted by Gasteiger charge is -2.31. The summed E-state index contributed by atoms with van der Waals surface area (Å²) in [6, 6.07) is 3.30. The predicted molar refractivity (Wildman–Crippen MR) is 131 cm³/mol. The van der Waals surface area contributed by atoms with Crippen molar-refractivity contribution >= 4 is 18.1 Å². The molecule has 9 heteroatoms. The number of anilines is 1. The van der Waals surface area contributed by atoms with Crippen molar-refractivity contribution in [2.45, 2.75) is 76.0 Å². The van der Waals surface area contributed by atoms with Crippen LogP contribution < -0.4 is 16.0 Å². The summed E-state index contributed by atoms with van der Waals surface area (Å²) in [5.74, 6) is 2.31. The molecule has 0 radical (unpaired) electrons. The van der Waals surface area contributed by atoms with Crippen LogP contribution in [0.2, 0.25) is 0 Å². The van der Waals surface area contributed by atoms with Gasteiger partial charge in [-0.05, 0) is 57.4 Å². The van der Waals surface area contributed by atoms with E-state index in [4.69, 9.17) is 19.5 Å². The molecule has 0 spiro atoms. The summed E-state index contributed by atoms with van der Waals surface area (Å²) in [7, 11) is 1.75. The van der Waals surface area contributed by atoms with Gasteiger partial charge in [-0.25, -0.2) is 9.97 Å². The molecule has 2 unspecified atom stereocenters. The van der Waals surface area contributed by atoms with Crippen LogP contribution in [-0.4, -0.2) is 73.7 Å². The van der Waals surface area contributed by atoms with E-state index in [1.54, 1.807) is 13.4 Å². The van der Waals surface area contributed by atoms with Gasteiger partial charge in [-0.1, -0.05) is 0 Å². The molecule has 1 aromatic rings. The molecule has 1 aromatic heterocycles. The lowest BCUT2D eigenvalue weighted by molar-refractivity contribution is 0.0689. The van der Waals surface area contributed by atoms with Crippen molar-refractivity contribution in [3.05, 3.63) is 18.0 Å². The summed E-state index contributed by atoms with van der Waals surface area (Å²) in [6.07, 6.45) is 11.0. The smallest absolute Gasteiger partial charge is 0.223 e. The Bertz CT molecular complexity index is 789. The molecule has 0 aromatic carbocycles. The summed E-state index contributed by atoms with van der Waals surface area (Å²) >= 11 is 0. The molecule has 4 rings (SSSR count). The van der Waals surface area contributed by atoms with E-state index in [-0.39, 0.29) is 6.04 Å². The van der Waals surface area contributed by atoms with Crippen LogP contribution in [0, 0.1) is 5.92 Å². The molecule has 9 nitrogen and oxygen atoms in total. The second kappa shape index (κ2) is 12.4. The van der Waals surface area contributed by atoms with E-state index in [1.165, 1.54) is 0 Å². The van der Waals surface area contributed by atoms with Crippen LogP contribution in [0.25, 0.3) is 0 Å². The number of rotatable bonds is 9. The van der Waals surface area contributed by atoms with Crippen LogP contribution in [-0.2, 0) is 9.47 Å². The molecule has 0 amide bonds. The maximum Gasteiger partial charge on any atom is 0.223 e. The SMILES string of the molecule is COCC(C)NC1CCC(Nc2nccc(C3CC(=NCC4CCOCC4)NC=N3)n2)CC1. The van der Waals surface area contributed by atoms with Crippen molar-refractivity contribution < 1.29 is 9.47 Å². The van der Waals surface area contributed by atoms with Crippen molar-refractivity contribution in [1.82, 2.24) is 20.6 Å². The molecule has 0 bridgehead atoms. The third-order valence-electron chi connectivity index (χ3n) is 6.77. The molecule has 182 valence electrons. The van der Waals surface area contributed by atoms with Gasteiger partial charge in [-0.2, -0.15) is 0 Å². The number of nitrogens with one attached hydrogen (secondary N) is 3. The first-order valence-electron chi connectivity index (χ1n) is 12.4. The van der Waals surface area contributed by atoms with Gasteiger partial charge in [0, 0.05) is 57.6 Å². The summed E-state index contributed by atoms with van der Waals surface area (Å²) in [6.45, 7) is 5.49. The monoisotopic (exact) mass is 457 g/mol. The van der Waals surface area contributed by atoms with Gasteiger partial charge in [-0.15, -0.1) is 0 Å². The summed E-state index contributed by atoms with van der Waals surface area (Å²) in [5.41, 5.74) is 0.938. The highest BCUT2D eigenvalue weighted by Gasteiger charge is 2.24. The van der Waals surface area contributed by atoms with Gasteiger partial charge in [0.1, 0.15) is 11.9 Å². The van der Waals surface area contributed by atoms with Gasteiger partial charge in [0.05, 0.1) is 18.6 Å². The second-order valence-electron chi connectivity index (χ2n) is 9.51. The first-order chi connectivity index (χ1) is 16.2. The van der Waals surface area contributed by atoms with Crippen molar-refractivity contribution in [2.24, 2.45) is 15.9 Å². The predicted octanol–water partition coefficient (Wildman–Crippen LogP) is 2.71. The summed E-state index contributed by atoms with van der Waals surface area (Å²) < 4.78 is 10.7. The minimum Gasteiger partial charge on any atom is -0.383 e. The van der Waals surface area contributed by atoms with E-state index in [9.17, 15) is 0 Å². The molecule has 3 heterocycles. The van der Waals surface area contributed by atoms with E-state index in [0.717, 1.165) is 82.8 Å². The average molecular weight is 458 g/mol. The highest BCUT2D eigenvalue weighted by molar-refractivity contribution is 5.94. The maximum atomic E-state index is 5.45. The Balaban J connectivity index is 1.27. The van der Waals surface area contributed by atoms with Crippen LogP contribution in [0.15, 0.2) is 22.2 Å². The Morgan fingerprint density at radius 2 is 1.97 bits per heavy atom. The lowest BCUT2D eigenvalue weighted by Crippen LogP contribution is -2.43. The van der Waals surface area contributed by atoms with E-state index < -0.39 is 0 Å². The highest BCUT2D eigenvalue weighted by Crippen LogP contribution is 2.25. The van der Waals surface area contributed by atoms with Crippen LogP contribution in [0.1, 0.15) is 63.6 Å².